The summed E-state index contributed by atoms with van der Waals surface area (Å²) in [5.74, 6) is -1.17. The summed E-state index contributed by atoms with van der Waals surface area (Å²) >= 11 is 0. The van der Waals surface area contributed by atoms with E-state index in [1.807, 2.05) is 0 Å². The number of nitrogens with one attached hydrogen (secondary N) is 1. The van der Waals surface area contributed by atoms with Crippen molar-refractivity contribution in [3.8, 4) is 0 Å². The van der Waals surface area contributed by atoms with Gasteiger partial charge in [0, 0.05) is 24.5 Å². The Labute approximate surface area is 104 Å². The van der Waals surface area contributed by atoms with Crippen LogP contribution in [0.3, 0.4) is 0 Å². The van der Waals surface area contributed by atoms with Crippen LogP contribution in [-0.2, 0) is 6.54 Å². The minimum Gasteiger partial charge on any atom is -0.376 e. The van der Waals surface area contributed by atoms with Gasteiger partial charge in [-0.2, -0.15) is 5.10 Å². The van der Waals surface area contributed by atoms with E-state index in [0.717, 1.165) is 5.56 Å². The van der Waals surface area contributed by atoms with Gasteiger partial charge in [0.25, 0.3) is 0 Å². The maximum Gasteiger partial charge on any atom is 0.152 e. The van der Waals surface area contributed by atoms with Crippen LogP contribution in [0.1, 0.15) is 11.1 Å². The summed E-state index contributed by atoms with van der Waals surface area (Å²) in [4.78, 5) is 0. The predicted octanol–water partition coefficient (Wildman–Crippen LogP) is 3.18. The third kappa shape index (κ3) is 2.40. The Morgan fingerprint density at radius 2 is 2.22 bits per heavy atom. The van der Waals surface area contributed by atoms with Crippen LogP contribution in [-0.4, -0.2) is 9.78 Å². The first-order valence-corrected chi connectivity index (χ1v) is 5.46. The normalized spacial score (nSPS) is 10.4. The number of nitrogens with zero attached hydrogens (tertiary/aromatic N) is 2. The molecule has 0 radical (unpaired) electrons. The third-order valence-electron chi connectivity index (χ3n) is 2.60. The molecule has 3 nitrogen and oxygen atoms in total. The van der Waals surface area contributed by atoms with Crippen molar-refractivity contribution in [2.75, 3.05) is 5.32 Å². The molecular formula is C13H13F2N3. The van der Waals surface area contributed by atoms with E-state index in [4.69, 9.17) is 0 Å². The lowest BCUT2D eigenvalue weighted by Crippen LogP contribution is -2.04. The molecule has 5 heteroatoms. The molecule has 0 fully saturated rings. The summed E-state index contributed by atoms with van der Waals surface area (Å²) in [6.07, 6.45) is 4.88. The fraction of sp³-hybridized carbons (Fsp3) is 0.154. The van der Waals surface area contributed by atoms with E-state index in [0.29, 0.717) is 12.1 Å². The highest BCUT2D eigenvalue weighted by molar-refractivity contribution is 5.49. The first-order chi connectivity index (χ1) is 8.61. The first-order valence-electron chi connectivity index (χ1n) is 5.46. The van der Waals surface area contributed by atoms with Gasteiger partial charge in [0.15, 0.2) is 5.82 Å². The second kappa shape index (κ2) is 5.00. The molecule has 18 heavy (non-hydrogen) atoms. The molecule has 0 bridgehead atoms. The highest BCUT2D eigenvalue weighted by Crippen LogP contribution is 2.22. The van der Waals surface area contributed by atoms with Crippen molar-refractivity contribution >= 4 is 11.9 Å². The van der Waals surface area contributed by atoms with Crippen LogP contribution in [0.15, 0.2) is 31.1 Å². The molecule has 2 rings (SSSR count). The summed E-state index contributed by atoms with van der Waals surface area (Å²) in [6, 6.07) is 2.65. The quantitative estimate of drug-likeness (QED) is 0.901. The molecule has 0 atom stereocenters. The Bertz CT molecular complexity index is 576. The van der Waals surface area contributed by atoms with Gasteiger partial charge < -0.3 is 5.32 Å². The number of hydrogen-bond acceptors (Lipinski definition) is 2. The van der Waals surface area contributed by atoms with Crippen LogP contribution in [0, 0.1) is 18.6 Å². The zero-order valence-electron chi connectivity index (χ0n) is 9.95. The van der Waals surface area contributed by atoms with E-state index >= 15 is 0 Å². The molecule has 0 spiro atoms. The summed E-state index contributed by atoms with van der Waals surface area (Å²) in [6.45, 7) is 5.45. The predicted molar refractivity (Wildman–Crippen MR) is 67.0 cm³/mol. The van der Waals surface area contributed by atoms with Crippen molar-refractivity contribution in [3.05, 3.63) is 53.9 Å². The van der Waals surface area contributed by atoms with Crippen LogP contribution in [0.2, 0.25) is 0 Å². The lowest BCUT2D eigenvalue weighted by atomic mass is 10.2. The first kappa shape index (κ1) is 12.3. The summed E-state index contributed by atoms with van der Waals surface area (Å²) in [5, 5.41) is 6.72. The Morgan fingerprint density at radius 1 is 1.44 bits per heavy atom. The van der Waals surface area contributed by atoms with Crippen molar-refractivity contribution in [2.45, 2.75) is 13.5 Å². The minimum atomic E-state index is -0.603. The van der Waals surface area contributed by atoms with Crippen LogP contribution in [0.25, 0.3) is 6.20 Å². The van der Waals surface area contributed by atoms with E-state index in [-0.39, 0.29) is 5.69 Å². The molecule has 0 saturated carbocycles. The molecule has 1 heterocycles. The van der Waals surface area contributed by atoms with E-state index < -0.39 is 11.6 Å². The largest absolute Gasteiger partial charge is 0.376 e. The van der Waals surface area contributed by atoms with Gasteiger partial charge >= 0.3 is 0 Å². The minimum absolute atomic E-state index is 0.110. The molecule has 1 N–H and O–H groups in total. The Morgan fingerprint density at radius 3 is 2.89 bits per heavy atom. The average Bonchev–Trinajstić information content (AvgIpc) is 2.82. The fourth-order valence-electron chi connectivity index (χ4n) is 1.58. The van der Waals surface area contributed by atoms with Crippen molar-refractivity contribution in [3.63, 3.8) is 0 Å². The van der Waals surface area contributed by atoms with Crippen LogP contribution in [0.4, 0.5) is 14.5 Å². The zero-order valence-corrected chi connectivity index (χ0v) is 9.95. The maximum atomic E-state index is 13.7. The number of benzene rings is 1. The van der Waals surface area contributed by atoms with E-state index in [2.05, 4.69) is 17.0 Å². The van der Waals surface area contributed by atoms with E-state index in [1.54, 1.807) is 19.3 Å². The Hall–Kier alpha value is -2.17. The van der Waals surface area contributed by atoms with Gasteiger partial charge in [0.2, 0.25) is 0 Å². The summed E-state index contributed by atoms with van der Waals surface area (Å²) < 4.78 is 28.7. The average molecular weight is 249 g/mol. The molecule has 1 aromatic carbocycles. The van der Waals surface area contributed by atoms with Gasteiger partial charge in [-0.25, -0.2) is 13.5 Å². The monoisotopic (exact) mass is 249 g/mol. The summed E-state index contributed by atoms with van der Waals surface area (Å²) in [5.41, 5.74) is 1.11. The number of aryl methyl sites for hydroxylation is 1. The molecular weight excluding hydrogens is 236 g/mol. The molecule has 0 saturated heterocycles. The number of halogens is 2. The molecule has 0 aliphatic rings. The van der Waals surface area contributed by atoms with Gasteiger partial charge in [-0.1, -0.05) is 12.6 Å². The van der Waals surface area contributed by atoms with Crippen molar-refractivity contribution in [2.24, 2.45) is 0 Å². The second-order valence-electron chi connectivity index (χ2n) is 3.92. The standard InChI is InChI=1S/C13H13F2N3/c1-3-18-8-10(7-17-18)6-16-13-11(14)5-4-9(2)12(13)15/h3-5,7-8,16H,1,6H2,2H3. The van der Waals surface area contributed by atoms with Gasteiger partial charge in [0.05, 0.1) is 6.20 Å². The third-order valence-corrected chi connectivity index (χ3v) is 2.60. The molecule has 0 aliphatic carbocycles. The number of aromatic nitrogens is 2. The van der Waals surface area contributed by atoms with E-state index in [1.165, 1.54) is 23.0 Å². The van der Waals surface area contributed by atoms with Crippen molar-refractivity contribution < 1.29 is 8.78 Å². The van der Waals surface area contributed by atoms with Crippen LogP contribution >= 0.6 is 0 Å². The topological polar surface area (TPSA) is 29.9 Å². The van der Waals surface area contributed by atoms with E-state index in [9.17, 15) is 8.78 Å². The number of rotatable bonds is 4. The second-order valence-corrected chi connectivity index (χ2v) is 3.92. The van der Waals surface area contributed by atoms with Gasteiger partial charge in [-0.05, 0) is 18.6 Å². The number of hydrogen-bond donors (Lipinski definition) is 1. The molecule has 0 unspecified atom stereocenters. The molecule has 94 valence electrons. The molecule has 0 aliphatic heterocycles. The van der Waals surface area contributed by atoms with Crippen molar-refractivity contribution in [1.82, 2.24) is 9.78 Å². The van der Waals surface area contributed by atoms with Gasteiger partial charge in [-0.3, -0.25) is 0 Å². The lowest BCUT2D eigenvalue weighted by molar-refractivity contribution is 0.582. The highest BCUT2D eigenvalue weighted by atomic mass is 19.1. The fourth-order valence-corrected chi connectivity index (χ4v) is 1.58. The molecule has 1 aromatic heterocycles. The Kier molecular flexibility index (Phi) is 3.41. The smallest absolute Gasteiger partial charge is 0.152 e. The Balaban J connectivity index is 2.15. The lowest BCUT2D eigenvalue weighted by Gasteiger charge is -2.09. The SMILES string of the molecule is C=Cn1cc(CNc2c(F)ccc(C)c2F)cn1. The van der Waals surface area contributed by atoms with Crippen molar-refractivity contribution in [1.29, 1.82) is 0 Å². The maximum absolute atomic E-state index is 13.7. The highest BCUT2D eigenvalue weighted by Gasteiger charge is 2.11. The van der Waals surface area contributed by atoms with Gasteiger partial charge in [0.1, 0.15) is 11.5 Å². The zero-order chi connectivity index (χ0) is 13.1. The summed E-state index contributed by atoms with van der Waals surface area (Å²) in [7, 11) is 0. The number of anilines is 1. The van der Waals surface area contributed by atoms with Crippen LogP contribution < -0.4 is 5.32 Å². The molecule has 0 amide bonds. The van der Waals surface area contributed by atoms with Gasteiger partial charge in [-0.15, -0.1) is 0 Å². The molecule has 2 aromatic rings. The van der Waals surface area contributed by atoms with Crippen LogP contribution in [0.5, 0.6) is 0 Å².